The van der Waals surface area contributed by atoms with Crippen LogP contribution in [0.2, 0.25) is 0 Å². The number of anilines is 1. The third kappa shape index (κ3) is 3.67. The second kappa shape index (κ2) is 8.35. The Morgan fingerprint density at radius 2 is 1.91 bits per heavy atom. The number of pyridine rings is 1. The molecule has 5 rings (SSSR count). The van der Waals surface area contributed by atoms with Crippen LogP contribution in [0.3, 0.4) is 0 Å². The number of aliphatic carboxylic acids is 1. The Morgan fingerprint density at radius 3 is 2.67 bits per heavy atom. The lowest BCUT2D eigenvalue weighted by Crippen LogP contribution is -2.57. The number of rotatable bonds is 4. The highest BCUT2D eigenvalue weighted by Gasteiger charge is 2.47. The monoisotopic (exact) mass is 443 g/mol. The molecule has 0 aliphatic carbocycles. The fraction of sp³-hybridized carbons (Fsp3) is 0.304. The summed E-state index contributed by atoms with van der Waals surface area (Å²) in [5, 5.41) is 27.4. The molecule has 2 aliphatic rings. The second-order valence-corrected chi connectivity index (χ2v) is 8.21. The highest BCUT2D eigenvalue weighted by atomic mass is 16.4. The molecule has 0 saturated carbocycles. The molecule has 33 heavy (non-hydrogen) atoms. The van der Waals surface area contributed by atoms with Crippen LogP contribution in [-0.2, 0) is 4.79 Å². The molecule has 1 N–H and O–H groups in total. The maximum Gasteiger partial charge on any atom is 0.326 e. The molecule has 2 fully saturated rings. The van der Waals surface area contributed by atoms with Crippen LogP contribution in [0, 0.1) is 17.2 Å². The third-order valence-electron chi connectivity index (χ3n) is 6.45. The molecule has 2 aromatic heterocycles. The Kier molecular flexibility index (Phi) is 5.22. The number of carbonyl (C=O) groups excluding carboxylic acids is 1. The quantitative estimate of drug-likeness (QED) is 0.646. The van der Waals surface area contributed by atoms with E-state index in [1.54, 1.807) is 42.6 Å². The van der Waals surface area contributed by atoms with Crippen LogP contribution in [0.15, 0.2) is 55.0 Å². The molecule has 4 heterocycles. The Balaban J connectivity index is 1.49. The molecule has 10 nitrogen and oxygen atoms in total. The van der Waals surface area contributed by atoms with Crippen molar-refractivity contribution in [2.45, 2.75) is 24.9 Å². The van der Waals surface area contributed by atoms with Crippen molar-refractivity contribution in [3.05, 3.63) is 66.1 Å². The number of aromatic nitrogens is 4. The van der Waals surface area contributed by atoms with Crippen molar-refractivity contribution in [2.75, 3.05) is 18.0 Å². The summed E-state index contributed by atoms with van der Waals surface area (Å²) < 4.78 is 0. The minimum Gasteiger partial charge on any atom is -0.480 e. The molecular formula is C23H21N7O3. The SMILES string of the molecule is N#Cc1ccnc(N2CCC3CC(C(=O)O)N(C(=O)c4ccccc4-n4nccn4)CC32)c1. The molecule has 1 amide bonds. The van der Waals surface area contributed by atoms with Gasteiger partial charge in [-0.1, -0.05) is 12.1 Å². The van der Waals surface area contributed by atoms with E-state index in [-0.39, 0.29) is 24.4 Å². The molecule has 1 aromatic carbocycles. The van der Waals surface area contributed by atoms with E-state index >= 15 is 0 Å². The summed E-state index contributed by atoms with van der Waals surface area (Å²) in [4.78, 5) is 35.1. The first-order valence-corrected chi connectivity index (χ1v) is 10.7. The van der Waals surface area contributed by atoms with E-state index in [2.05, 4.69) is 26.2 Å². The van der Waals surface area contributed by atoms with Gasteiger partial charge < -0.3 is 14.9 Å². The minimum absolute atomic E-state index is 0.0824. The van der Waals surface area contributed by atoms with Crippen molar-refractivity contribution in [2.24, 2.45) is 5.92 Å². The van der Waals surface area contributed by atoms with E-state index in [1.807, 2.05) is 0 Å². The van der Waals surface area contributed by atoms with Gasteiger partial charge in [0.1, 0.15) is 11.9 Å². The molecule has 166 valence electrons. The van der Waals surface area contributed by atoms with Crippen molar-refractivity contribution in [1.29, 1.82) is 5.26 Å². The van der Waals surface area contributed by atoms with E-state index in [0.717, 1.165) is 6.42 Å². The fourth-order valence-electron chi connectivity index (χ4n) is 4.89. The maximum absolute atomic E-state index is 13.7. The van der Waals surface area contributed by atoms with Crippen LogP contribution in [0.4, 0.5) is 5.82 Å². The van der Waals surface area contributed by atoms with Crippen LogP contribution in [-0.4, -0.2) is 67.0 Å². The van der Waals surface area contributed by atoms with E-state index in [0.29, 0.717) is 35.6 Å². The van der Waals surface area contributed by atoms with Crippen LogP contribution < -0.4 is 4.90 Å². The lowest BCUT2D eigenvalue weighted by atomic mass is 9.86. The molecule has 3 aromatic rings. The van der Waals surface area contributed by atoms with Crippen LogP contribution >= 0.6 is 0 Å². The molecule has 3 atom stereocenters. The summed E-state index contributed by atoms with van der Waals surface area (Å²) in [5.41, 5.74) is 1.34. The topological polar surface area (TPSA) is 128 Å². The summed E-state index contributed by atoms with van der Waals surface area (Å²) in [6.07, 6.45) is 5.81. The number of hydrogen-bond acceptors (Lipinski definition) is 7. The molecule has 0 spiro atoms. The number of likely N-dealkylation sites (tertiary alicyclic amines) is 1. The first kappa shape index (κ1) is 20.6. The first-order valence-electron chi connectivity index (χ1n) is 10.7. The summed E-state index contributed by atoms with van der Waals surface area (Å²) in [5.74, 6) is -0.603. The van der Waals surface area contributed by atoms with Crippen LogP contribution in [0.25, 0.3) is 5.69 Å². The third-order valence-corrected chi connectivity index (χ3v) is 6.45. The Hall–Kier alpha value is -4.26. The molecular weight excluding hydrogens is 422 g/mol. The van der Waals surface area contributed by atoms with E-state index in [9.17, 15) is 20.0 Å². The average Bonchev–Trinajstić information content (AvgIpc) is 3.53. The van der Waals surface area contributed by atoms with Gasteiger partial charge in [0.2, 0.25) is 0 Å². The van der Waals surface area contributed by atoms with Gasteiger partial charge in [-0.05, 0) is 43.0 Å². The number of carboxylic acid groups (broad SMARTS) is 1. The number of carbonyl (C=O) groups is 2. The largest absolute Gasteiger partial charge is 0.480 e. The van der Waals surface area contributed by atoms with Gasteiger partial charge in [-0.15, -0.1) is 0 Å². The number of nitriles is 1. The molecule has 0 bridgehead atoms. The summed E-state index contributed by atoms with van der Waals surface area (Å²) >= 11 is 0. The van der Waals surface area contributed by atoms with Crippen LogP contribution in [0.5, 0.6) is 0 Å². The van der Waals surface area contributed by atoms with Gasteiger partial charge in [0.15, 0.2) is 0 Å². The first-order chi connectivity index (χ1) is 16.1. The Morgan fingerprint density at radius 1 is 1.12 bits per heavy atom. The summed E-state index contributed by atoms with van der Waals surface area (Å²) in [7, 11) is 0. The molecule has 2 aliphatic heterocycles. The lowest BCUT2D eigenvalue weighted by molar-refractivity contribution is -0.144. The van der Waals surface area contributed by atoms with Gasteiger partial charge in [-0.3, -0.25) is 4.79 Å². The number of nitrogens with zero attached hydrogens (tertiary/aromatic N) is 7. The zero-order valence-corrected chi connectivity index (χ0v) is 17.7. The standard InChI is InChI=1S/C23H21N7O3/c24-13-15-5-7-25-21(11-15)28-10-6-16-12-19(23(32)33)29(14-20(16)28)22(31)17-3-1-2-4-18(17)30-26-8-9-27-30/h1-5,7-9,11,16,19-20H,6,10,12,14H2,(H,32,33). The van der Waals surface area contributed by atoms with Crippen molar-refractivity contribution >= 4 is 17.7 Å². The minimum atomic E-state index is -1.01. The number of benzene rings is 1. The number of carboxylic acids is 1. The second-order valence-electron chi connectivity index (χ2n) is 8.21. The zero-order valence-electron chi connectivity index (χ0n) is 17.7. The maximum atomic E-state index is 13.7. The smallest absolute Gasteiger partial charge is 0.326 e. The number of hydrogen-bond donors (Lipinski definition) is 1. The molecule has 10 heteroatoms. The average molecular weight is 443 g/mol. The number of amides is 1. The zero-order chi connectivity index (χ0) is 22.9. The van der Waals surface area contributed by atoms with Gasteiger partial charge >= 0.3 is 5.97 Å². The van der Waals surface area contributed by atoms with Gasteiger partial charge in [-0.25, -0.2) is 9.78 Å². The van der Waals surface area contributed by atoms with Gasteiger partial charge in [0, 0.05) is 19.3 Å². The predicted molar refractivity (Wildman–Crippen MR) is 117 cm³/mol. The molecule has 2 saturated heterocycles. The number of para-hydroxylation sites is 1. The normalized spacial score (nSPS) is 22.0. The van der Waals surface area contributed by atoms with Crippen molar-refractivity contribution in [3.8, 4) is 11.8 Å². The highest BCUT2D eigenvalue weighted by molar-refractivity contribution is 5.99. The van der Waals surface area contributed by atoms with E-state index in [4.69, 9.17) is 0 Å². The van der Waals surface area contributed by atoms with Crippen molar-refractivity contribution < 1.29 is 14.7 Å². The molecule has 0 radical (unpaired) electrons. The van der Waals surface area contributed by atoms with Gasteiger partial charge in [0.05, 0.1) is 41.3 Å². The predicted octanol–water partition coefficient (Wildman–Crippen LogP) is 1.73. The van der Waals surface area contributed by atoms with Gasteiger partial charge in [-0.2, -0.15) is 20.3 Å². The fourth-order valence-corrected chi connectivity index (χ4v) is 4.89. The van der Waals surface area contributed by atoms with Crippen molar-refractivity contribution in [1.82, 2.24) is 24.9 Å². The number of fused-ring (bicyclic) bond motifs is 1. The molecule has 3 unspecified atom stereocenters. The van der Waals surface area contributed by atoms with Gasteiger partial charge in [0.25, 0.3) is 5.91 Å². The number of piperidine rings is 1. The Bertz CT molecular complexity index is 1240. The van der Waals surface area contributed by atoms with Crippen molar-refractivity contribution in [3.63, 3.8) is 0 Å². The summed E-state index contributed by atoms with van der Waals surface area (Å²) in [6, 6.07) is 11.4. The highest BCUT2D eigenvalue weighted by Crippen LogP contribution is 2.37. The lowest BCUT2D eigenvalue weighted by Gasteiger charge is -2.42. The van der Waals surface area contributed by atoms with Crippen LogP contribution in [0.1, 0.15) is 28.8 Å². The van der Waals surface area contributed by atoms with E-state index < -0.39 is 12.0 Å². The Labute approximate surface area is 189 Å². The summed E-state index contributed by atoms with van der Waals surface area (Å²) in [6.45, 7) is 0.944. The van der Waals surface area contributed by atoms with E-state index in [1.165, 1.54) is 22.1 Å².